The van der Waals surface area contributed by atoms with Crippen LogP contribution in [-0.2, 0) is 0 Å². The SMILES string of the molecule is CC(O)CCCN1CCCOc2ccccc21. The van der Waals surface area contributed by atoms with E-state index in [1.807, 2.05) is 19.1 Å². The molecule has 0 saturated carbocycles. The summed E-state index contributed by atoms with van der Waals surface area (Å²) in [7, 11) is 0. The molecule has 17 heavy (non-hydrogen) atoms. The second kappa shape index (κ2) is 5.92. The maximum atomic E-state index is 9.29. The Bertz CT molecular complexity index is 352. The van der Waals surface area contributed by atoms with Gasteiger partial charge in [-0.2, -0.15) is 0 Å². The third kappa shape index (κ3) is 3.37. The summed E-state index contributed by atoms with van der Waals surface area (Å²) in [5, 5.41) is 9.29. The zero-order valence-electron chi connectivity index (χ0n) is 10.4. The van der Waals surface area contributed by atoms with Crippen LogP contribution in [-0.4, -0.2) is 30.9 Å². The van der Waals surface area contributed by atoms with E-state index in [9.17, 15) is 5.11 Å². The average molecular weight is 235 g/mol. The van der Waals surface area contributed by atoms with Crippen molar-refractivity contribution in [1.29, 1.82) is 0 Å². The number of nitrogens with zero attached hydrogens (tertiary/aromatic N) is 1. The van der Waals surface area contributed by atoms with Gasteiger partial charge in [-0.3, -0.25) is 0 Å². The van der Waals surface area contributed by atoms with Crippen LogP contribution < -0.4 is 9.64 Å². The van der Waals surface area contributed by atoms with Crippen LogP contribution in [0.1, 0.15) is 26.2 Å². The molecule has 1 heterocycles. The standard InChI is InChI=1S/C14H21NO2/c1-12(16)6-4-9-15-10-5-11-17-14-8-3-2-7-13(14)15/h2-3,7-8,12,16H,4-6,9-11H2,1H3. The van der Waals surface area contributed by atoms with Gasteiger partial charge in [0.1, 0.15) is 5.75 Å². The first-order valence-corrected chi connectivity index (χ1v) is 6.42. The van der Waals surface area contributed by atoms with Gasteiger partial charge in [-0.1, -0.05) is 12.1 Å². The molecule has 0 spiro atoms. The van der Waals surface area contributed by atoms with Crippen LogP contribution in [0.4, 0.5) is 5.69 Å². The number of fused-ring (bicyclic) bond motifs is 1. The molecule has 0 saturated heterocycles. The first-order chi connectivity index (χ1) is 8.27. The second-order valence-electron chi connectivity index (χ2n) is 4.65. The highest BCUT2D eigenvalue weighted by Crippen LogP contribution is 2.30. The van der Waals surface area contributed by atoms with Crippen molar-refractivity contribution in [3.05, 3.63) is 24.3 Å². The Morgan fingerprint density at radius 1 is 1.41 bits per heavy atom. The number of aliphatic hydroxyl groups is 1. The maximum Gasteiger partial charge on any atom is 0.142 e. The molecule has 0 bridgehead atoms. The summed E-state index contributed by atoms with van der Waals surface area (Å²) in [5.74, 6) is 0.988. The molecular formula is C14H21NO2. The zero-order chi connectivity index (χ0) is 12.1. The molecule has 1 aromatic carbocycles. The molecule has 0 fully saturated rings. The van der Waals surface area contributed by atoms with E-state index in [-0.39, 0.29) is 6.10 Å². The molecule has 1 aliphatic heterocycles. The van der Waals surface area contributed by atoms with Gasteiger partial charge in [-0.15, -0.1) is 0 Å². The van der Waals surface area contributed by atoms with Gasteiger partial charge >= 0.3 is 0 Å². The predicted octanol–water partition coefficient (Wildman–Crippen LogP) is 2.44. The number of para-hydroxylation sites is 2. The monoisotopic (exact) mass is 235 g/mol. The van der Waals surface area contributed by atoms with E-state index in [1.54, 1.807) is 0 Å². The number of ether oxygens (including phenoxy) is 1. The van der Waals surface area contributed by atoms with Crippen LogP contribution in [0.2, 0.25) is 0 Å². The summed E-state index contributed by atoms with van der Waals surface area (Å²) in [5.41, 5.74) is 1.19. The Labute approximate surface area is 103 Å². The molecule has 1 atom stereocenters. The lowest BCUT2D eigenvalue weighted by atomic mass is 10.2. The summed E-state index contributed by atoms with van der Waals surface area (Å²) in [4.78, 5) is 2.37. The first kappa shape index (κ1) is 12.2. The summed E-state index contributed by atoms with van der Waals surface area (Å²) in [6, 6.07) is 8.21. The van der Waals surface area contributed by atoms with Crippen LogP contribution in [0.5, 0.6) is 5.75 Å². The summed E-state index contributed by atoms with van der Waals surface area (Å²) < 4.78 is 5.72. The highest BCUT2D eigenvalue weighted by Gasteiger charge is 2.15. The topological polar surface area (TPSA) is 32.7 Å². The molecule has 1 unspecified atom stereocenters. The smallest absolute Gasteiger partial charge is 0.142 e. The van der Waals surface area contributed by atoms with Gasteiger partial charge in [-0.05, 0) is 38.3 Å². The number of hydrogen-bond acceptors (Lipinski definition) is 3. The van der Waals surface area contributed by atoms with Crippen LogP contribution in [0, 0.1) is 0 Å². The summed E-state index contributed by atoms with van der Waals surface area (Å²) in [6.45, 7) is 4.67. The van der Waals surface area contributed by atoms with Crippen molar-refractivity contribution in [2.75, 3.05) is 24.6 Å². The van der Waals surface area contributed by atoms with Crippen molar-refractivity contribution >= 4 is 5.69 Å². The van der Waals surface area contributed by atoms with Crippen LogP contribution in [0.15, 0.2) is 24.3 Å². The lowest BCUT2D eigenvalue weighted by Gasteiger charge is -2.23. The number of aliphatic hydroxyl groups excluding tert-OH is 1. The van der Waals surface area contributed by atoms with E-state index in [0.717, 1.165) is 44.7 Å². The van der Waals surface area contributed by atoms with E-state index >= 15 is 0 Å². The normalized spacial score (nSPS) is 16.9. The first-order valence-electron chi connectivity index (χ1n) is 6.42. The van der Waals surface area contributed by atoms with Gasteiger partial charge in [0.2, 0.25) is 0 Å². The molecule has 2 rings (SSSR count). The largest absolute Gasteiger partial charge is 0.491 e. The lowest BCUT2D eigenvalue weighted by Crippen LogP contribution is -2.25. The van der Waals surface area contributed by atoms with Gasteiger partial charge in [0.15, 0.2) is 0 Å². The van der Waals surface area contributed by atoms with Crippen LogP contribution in [0.25, 0.3) is 0 Å². The Morgan fingerprint density at radius 2 is 2.24 bits per heavy atom. The van der Waals surface area contributed by atoms with Gasteiger partial charge < -0.3 is 14.7 Å². The Morgan fingerprint density at radius 3 is 3.06 bits per heavy atom. The minimum absolute atomic E-state index is 0.200. The quantitative estimate of drug-likeness (QED) is 0.870. The van der Waals surface area contributed by atoms with Crippen LogP contribution >= 0.6 is 0 Å². The molecule has 0 aliphatic carbocycles. The molecule has 1 N–H and O–H groups in total. The van der Waals surface area contributed by atoms with E-state index in [2.05, 4.69) is 17.0 Å². The van der Waals surface area contributed by atoms with Gasteiger partial charge in [0.25, 0.3) is 0 Å². The molecule has 0 aromatic heterocycles. The third-order valence-corrected chi connectivity index (χ3v) is 3.09. The lowest BCUT2D eigenvalue weighted by molar-refractivity contribution is 0.182. The molecule has 3 nitrogen and oxygen atoms in total. The zero-order valence-corrected chi connectivity index (χ0v) is 10.4. The third-order valence-electron chi connectivity index (χ3n) is 3.09. The average Bonchev–Trinajstić information content (AvgIpc) is 2.52. The van der Waals surface area contributed by atoms with Crippen molar-refractivity contribution in [2.45, 2.75) is 32.3 Å². The second-order valence-corrected chi connectivity index (χ2v) is 4.65. The molecule has 0 amide bonds. The van der Waals surface area contributed by atoms with Crippen molar-refractivity contribution in [3.63, 3.8) is 0 Å². The predicted molar refractivity (Wildman–Crippen MR) is 69.7 cm³/mol. The molecule has 94 valence electrons. The highest BCUT2D eigenvalue weighted by atomic mass is 16.5. The molecule has 0 radical (unpaired) electrons. The van der Waals surface area contributed by atoms with Crippen molar-refractivity contribution in [2.24, 2.45) is 0 Å². The van der Waals surface area contributed by atoms with E-state index in [1.165, 1.54) is 5.69 Å². The fraction of sp³-hybridized carbons (Fsp3) is 0.571. The van der Waals surface area contributed by atoms with Crippen molar-refractivity contribution < 1.29 is 9.84 Å². The fourth-order valence-electron chi connectivity index (χ4n) is 2.21. The van der Waals surface area contributed by atoms with Crippen molar-refractivity contribution in [3.8, 4) is 5.75 Å². The van der Waals surface area contributed by atoms with Gasteiger partial charge in [0, 0.05) is 13.1 Å². The maximum absolute atomic E-state index is 9.29. The summed E-state index contributed by atoms with van der Waals surface area (Å²) in [6.07, 6.45) is 2.74. The van der Waals surface area contributed by atoms with Crippen LogP contribution in [0.3, 0.4) is 0 Å². The molecule has 1 aromatic rings. The number of anilines is 1. The Kier molecular flexibility index (Phi) is 4.26. The molecule has 3 heteroatoms. The Balaban J connectivity index is 2.01. The van der Waals surface area contributed by atoms with E-state index in [4.69, 9.17) is 4.74 Å². The summed E-state index contributed by atoms with van der Waals surface area (Å²) >= 11 is 0. The minimum atomic E-state index is -0.200. The molecular weight excluding hydrogens is 214 g/mol. The highest BCUT2D eigenvalue weighted by molar-refractivity contribution is 5.58. The molecule has 1 aliphatic rings. The van der Waals surface area contributed by atoms with Crippen molar-refractivity contribution in [1.82, 2.24) is 0 Å². The van der Waals surface area contributed by atoms with Gasteiger partial charge in [-0.25, -0.2) is 0 Å². The number of benzene rings is 1. The minimum Gasteiger partial charge on any atom is -0.491 e. The fourth-order valence-corrected chi connectivity index (χ4v) is 2.21. The number of rotatable bonds is 4. The van der Waals surface area contributed by atoms with Gasteiger partial charge in [0.05, 0.1) is 18.4 Å². The van der Waals surface area contributed by atoms with E-state index in [0.29, 0.717) is 0 Å². The Hall–Kier alpha value is -1.22. The van der Waals surface area contributed by atoms with E-state index < -0.39 is 0 Å². The number of hydrogen-bond donors (Lipinski definition) is 1.